The van der Waals surface area contributed by atoms with Crippen molar-refractivity contribution in [2.75, 3.05) is 12.3 Å². The van der Waals surface area contributed by atoms with Crippen LogP contribution in [0.2, 0.25) is 0 Å². The van der Waals surface area contributed by atoms with Crippen LogP contribution in [-0.2, 0) is 0 Å². The summed E-state index contributed by atoms with van der Waals surface area (Å²) in [6, 6.07) is 8.97. The van der Waals surface area contributed by atoms with Crippen molar-refractivity contribution >= 4 is 33.3 Å². The molecule has 0 bridgehead atoms. The van der Waals surface area contributed by atoms with Crippen LogP contribution in [0.15, 0.2) is 28.6 Å². The molecule has 1 atom stereocenters. The predicted molar refractivity (Wildman–Crippen MR) is 91.9 cm³/mol. The van der Waals surface area contributed by atoms with Crippen molar-refractivity contribution in [3.8, 4) is 0 Å². The van der Waals surface area contributed by atoms with Crippen molar-refractivity contribution in [2.45, 2.75) is 44.0 Å². The minimum Gasteiger partial charge on any atom is -0.313 e. The first-order chi connectivity index (χ1) is 9.65. The zero-order valence-electron chi connectivity index (χ0n) is 12.6. The molecule has 2 nitrogen and oxygen atoms in total. The van der Waals surface area contributed by atoms with Gasteiger partial charge in [0, 0.05) is 18.3 Å². The Bertz CT molecular complexity index is 489. The van der Waals surface area contributed by atoms with Crippen LogP contribution in [0.5, 0.6) is 0 Å². The fourth-order valence-electron chi connectivity index (χ4n) is 2.04. The van der Waals surface area contributed by atoms with Crippen LogP contribution in [0.4, 0.5) is 0 Å². The summed E-state index contributed by atoms with van der Waals surface area (Å²) in [6.45, 7) is 7.91. The van der Waals surface area contributed by atoms with E-state index in [0.717, 1.165) is 23.7 Å². The van der Waals surface area contributed by atoms with Crippen LogP contribution in [-0.4, -0.2) is 23.3 Å². The lowest BCUT2D eigenvalue weighted by Crippen LogP contribution is -2.28. The molecule has 0 aliphatic heterocycles. The van der Waals surface area contributed by atoms with Gasteiger partial charge < -0.3 is 5.32 Å². The summed E-state index contributed by atoms with van der Waals surface area (Å²) < 4.78 is 2.47. The van der Waals surface area contributed by atoms with Crippen LogP contribution in [0.25, 0.3) is 10.2 Å². The lowest BCUT2D eigenvalue weighted by molar-refractivity contribution is 0.460. The van der Waals surface area contributed by atoms with Crippen molar-refractivity contribution in [2.24, 2.45) is 5.92 Å². The van der Waals surface area contributed by atoms with Crippen molar-refractivity contribution < 1.29 is 0 Å². The number of aromatic nitrogens is 1. The molecule has 0 fully saturated rings. The van der Waals surface area contributed by atoms with Crippen LogP contribution < -0.4 is 5.32 Å². The van der Waals surface area contributed by atoms with Gasteiger partial charge in [-0.05, 0) is 37.8 Å². The Kier molecular flexibility index (Phi) is 6.33. The van der Waals surface area contributed by atoms with E-state index in [0.29, 0.717) is 6.04 Å². The minimum absolute atomic E-state index is 0.619. The molecule has 0 amide bonds. The van der Waals surface area contributed by atoms with E-state index in [4.69, 9.17) is 0 Å². The number of rotatable bonds is 8. The topological polar surface area (TPSA) is 24.9 Å². The number of fused-ring (bicyclic) bond motifs is 1. The molecule has 20 heavy (non-hydrogen) atoms. The Morgan fingerprint density at radius 1 is 1.20 bits per heavy atom. The molecule has 1 unspecified atom stereocenters. The third kappa shape index (κ3) is 5.08. The van der Waals surface area contributed by atoms with Gasteiger partial charge in [0.1, 0.15) is 0 Å². The van der Waals surface area contributed by atoms with Gasteiger partial charge in [0.15, 0.2) is 4.34 Å². The first kappa shape index (κ1) is 15.8. The fraction of sp³-hybridized carbons (Fsp3) is 0.562. The first-order valence-corrected chi connectivity index (χ1v) is 9.17. The summed E-state index contributed by atoms with van der Waals surface area (Å²) in [5, 5.41) is 3.60. The summed E-state index contributed by atoms with van der Waals surface area (Å²) in [5.74, 6) is 1.89. The zero-order valence-corrected chi connectivity index (χ0v) is 14.2. The molecule has 1 aromatic heterocycles. The molecule has 0 saturated heterocycles. The van der Waals surface area contributed by atoms with Crippen LogP contribution in [0, 0.1) is 5.92 Å². The van der Waals surface area contributed by atoms with E-state index in [1.54, 1.807) is 11.3 Å². The Morgan fingerprint density at radius 2 is 2.00 bits per heavy atom. The number of thioether (sulfide) groups is 1. The molecule has 2 aromatic rings. The van der Waals surface area contributed by atoms with Gasteiger partial charge in [-0.2, -0.15) is 0 Å². The van der Waals surface area contributed by atoms with E-state index in [1.807, 2.05) is 11.8 Å². The number of benzene rings is 1. The van der Waals surface area contributed by atoms with E-state index in [-0.39, 0.29) is 0 Å². The highest BCUT2D eigenvalue weighted by molar-refractivity contribution is 8.01. The van der Waals surface area contributed by atoms with Gasteiger partial charge in [0.05, 0.1) is 10.2 Å². The normalized spacial score (nSPS) is 13.2. The second kappa shape index (κ2) is 8.01. The van der Waals surface area contributed by atoms with E-state index in [1.165, 1.54) is 21.9 Å². The average Bonchev–Trinajstić information content (AvgIpc) is 2.84. The van der Waals surface area contributed by atoms with Gasteiger partial charge in [-0.25, -0.2) is 4.98 Å². The summed E-state index contributed by atoms with van der Waals surface area (Å²) >= 11 is 3.65. The third-order valence-electron chi connectivity index (χ3n) is 3.27. The molecule has 1 N–H and O–H groups in total. The maximum Gasteiger partial charge on any atom is 0.151 e. The highest BCUT2D eigenvalue weighted by Crippen LogP contribution is 2.28. The van der Waals surface area contributed by atoms with Crippen molar-refractivity contribution in [3.63, 3.8) is 0 Å². The molecule has 0 aliphatic rings. The first-order valence-electron chi connectivity index (χ1n) is 7.37. The van der Waals surface area contributed by atoms with Gasteiger partial charge in [0.25, 0.3) is 0 Å². The monoisotopic (exact) mass is 308 g/mol. The number of nitrogens with one attached hydrogen (secondary N) is 1. The van der Waals surface area contributed by atoms with Crippen molar-refractivity contribution in [3.05, 3.63) is 24.3 Å². The molecule has 4 heteroatoms. The van der Waals surface area contributed by atoms with Crippen LogP contribution in [0.1, 0.15) is 33.6 Å². The zero-order chi connectivity index (χ0) is 14.4. The summed E-state index contributed by atoms with van der Waals surface area (Å²) in [4.78, 5) is 4.64. The van der Waals surface area contributed by atoms with Crippen molar-refractivity contribution in [1.29, 1.82) is 0 Å². The standard InChI is InChI=1S/C16H24N2S2/c1-12(2)8-9-13(3)17-10-11-19-16-18-14-6-4-5-7-15(14)20-16/h4-7,12-13,17H,8-11H2,1-3H3. The van der Waals surface area contributed by atoms with Gasteiger partial charge >= 0.3 is 0 Å². The molecule has 0 saturated carbocycles. The highest BCUT2D eigenvalue weighted by atomic mass is 32.2. The van der Waals surface area contributed by atoms with Crippen LogP contribution in [0.3, 0.4) is 0 Å². The van der Waals surface area contributed by atoms with Gasteiger partial charge in [-0.3, -0.25) is 0 Å². The molecule has 0 radical (unpaired) electrons. The number of hydrogen-bond acceptors (Lipinski definition) is 4. The number of para-hydroxylation sites is 1. The second-order valence-corrected chi connectivity index (χ2v) is 8.00. The molecule has 2 rings (SSSR count). The Morgan fingerprint density at radius 3 is 2.75 bits per heavy atom. The second-order valence-electron chi connectivity index (χ2n) is 5.62. The minimum atomic E-state index is 0.619. The largest absolute Gasteiger partial charge is 0.313 e. The van der Waals surface area contributed by atoms with Gasteiger partial charge in [-0.15, -0.1) is 11.3 Å². The Balaban J connectivity index is 1.68. The van der Waals surface area contributed by atoms with E-state index < -0.39 is 0 Å². The quantitative estimate of drug-likeness (QED) is 0.560. The van der Waals surface area contributed by atoms with E-state index >= 15 is 0 Å². The maximum atomic E-state index is 4.64. The average molecular weight is 309 g/mol. The smallest absolute Gasteiger partial charge is 0.151 e. The third-order valence-corrected chi connectivity index (χ3v) is 5.45. The SMILES string of the molecule is CC(C)CCC(C)NCCSc1nc2ccccc2s1. The lowest BCUT2D eigenvalue weighted by atomic mass is 10.0. The summed E-state index contributed by atoms with van der Waals surface area (Å²) in [7, 11) is 0. The summed E-state index contributed by atoms with van der Waals surface area (Å²) in [6.07, 6.45) is 2.57. The number of nitrogens with zero attached hydrogens (tertiary/aromatic N) is 1. The fourth-order valence-corrected chi connectivity index (χ4v) is 4.05. The van der Waals surface area contributed by atoms with E-state index in [9.17, 15) is 0 Å². The van der Waals surface area contributed by atoms with Crippen molar-refractivity contribution in [1.82, 2.24) is 10.3 Å². The molecule has 1 heterocycles. The summed E-state index contributed by atoms with van der Waals surface area (Å²) in [5.41, 5.74) is 1.12. The molecule has 1 aromatic carbocycles. The van der Waals surface area contributed by atoms with Gasteiger partial charge in [0.2, 0.25) is 0 Å². The Labute approximate surface area is 130 Å². The number of thiazole rings is 1. The van der Waals surface area contributed by atoms with Gasteiger partial charge in [-0.1, -0.05) is 37.7 Å². The lowest BCUT2D eigenvalue weighted by Gasteiger charge is -2.14. The predicted octanol–water partition coefficient (Wildman–Crippen LogP) is 4.80. The van der Waals surface area contributed by atoms with Crippen LogP contribution >= 0.6 is 23.1 Å². The maximum absolute atomic E-state index is 4.64. The molecule has 110 valence electrons. The molecule has 0 aliphatic carbocycles. The molecular formula is C16H24N2S2. The number of hydrogen-bond donors (Lipinski definition) is 1. The Hall–Kier alpha value is -0.580. The molecule has 0 spiro atoms. The molecular weight excluding hydrogens is 284 g/mol. The van der Waals surface area contributed by atoms with E-state index in [2.05, 4.69) is 55.3 Å². The highest BCUT2D eigenvalue weighted by Gasteiger charge is 2.05.